The van der Waals surface area contributed by atoms with Crippen LogP contribution in [0.5, 0.6) is 46.0 Å². The van der Waals surface area contributed by atoms with Gasteiger partial charge in [-0.25, -0.2) is 0 Å². The first-order valence-corrected chi connectivity index (χ1v) is 36.1. The number of hydrogen-bond donors (Lipinski definition) is 6. The van der Waals surface area contributed by atoms with E-state index < -0.39 is 0 Å². The number of carbonyl (C=O) groups is 2. The third-order valence-electron chi connectivity index (χ3n) is 19.2. The standard InChI is InChI=1S/C34H38O4S.C34H34O4S.C21H20O2/c1-7-23-18-29(20-32(34(23)36)30(8-2)25-11-15-27(38-6)16-12-25)39-28-17-21(3)33(35)31(19-28)22(4)24-9-13-26(37-5)14-10-24;1-5-25-16-29(18-32(34(25)38)30(6-2)27-13-9-24(20-36)10-14-27)39-28-15-21(3)33(37)31(17-28)22(4)26-11-7-23(19-35)8-12-26;1-14-12-18(17-8-10-19(22)11-9-17)13-20(21(14)23)15(2)16-6-4-3-5-7-16/h9-20,22,30,35-36H,7-8H2,1-6H3;7-20,22,30,37-38H,5-6H2,1-4H3;3-13,15,22-23H,1-2H3. The molecule has 11 aromatic carbocycles. The van der Waals surface area contributed by atoms with Gasteiger partial charge in [0.15, 0.2) is 0 Å². The second kappa shape index (κ2) is 34.8. The van der Waals surface area contributed by atoms with Crippen LogP contribution < -0.4 is 9.47 Å². The summed E-state index contributed by atoms with van der Waals surface area (Å²) in [7, 11) is 3.33. The summed E-state index contributed by atoms with van der Waals surface area (Å²) >= 11 is 3.27. The van der Waals surface area contributed by atoms with E-state index in [2.05, 4.69) is 90.1 Å². The molecule has 12 heteroatoms. The van der Waals surface area contributed by atoms with E-state index in [9.17, 15) is 40.2 Å². The number of carbonyl (C=O) groups excluding carboxylic acids is 2. The maximum Gasteiger partial charge on any atom is 0.150 e. The number of phenolic OH excluding ortho intramolecular Hbond substituents is 6. The molecule has 6 N–H and O–H groups in total. The summed E-state index contributed by atoms with van der Waals surface area (Å²) in [6, 6.07) is 68.8. The van der Waals surface area contributed by atoms with Crippen LogP contribution in [0.25, 0.3) is 11.1 Å². The molecule has 11 rings (SSSR count). The van der Waals surface area contributed by atoms with Crippen LogP contribution in [-0.4, -0.2) is 57.4 Å². The minimum Gasteiger partial charge on any atom is -0.508 e. The minimum atomic E-state index is -0.0645. The fourth-order valence-electron chi connectivity index (χ4n) is 13.1. The molecule has 0 heterocycles. The lowest BCUT2D eigenvalue weighted by molar-refractivity contribution is 0.111. The minimum absolute atomic E-state index is 0.0104. The first-order chi connectivity index (χ1) is 48.6. The molecule has 0 aromatic heterocycles. The molecule has 5 unspecified atom stereocenters. The summed E-state index contributed by atoms with van der Waals surface area (Å²) in [5, 5.41) is 64.3. The summed E-state index contributed by atoms with van der Waals surface area (Å²) in [6.45, 7) is 20.4. The molecule has 0 aliphatic heterocycles. The van der Waals surface area contributed by atoms with Crippen molar-refractivity contribution in [2.75, 3.05) is 14.2 Å². The van der Waals surface area contributed by atoms with Crippen LogP contribution in [0, 0.1) is 20.8 Å². The monoisotopic (exact) mass is 1380 g/mol. The van der Waals surface area contributed by atoms with Gasteiger partial charge in [-0.2, -0.15) is 0 Å². The van der Waals surface area contributed by atoms with Crippen LogP contribution in [0.4, 0.5) is 0 Å². The molecular weight excluding hydrogens is 1290 g/mol. The Balaban J connectivity index is 0.000000183. The molecule has 0 saturated heterocycles. The molecule has 520 valence electrons. The highest BCUT2D eigenvalue weighted by molar-refractivity contribution is 7.99. The lowest BCUT2D eigenvalue weighted by atomic mass is 9.87. The van der Waals surface area contributed by atoms with Crippen molar-refractivity contribution < 1.29 is 49.7 Å². The van der Waals surface area contributed by atoms with E-state index in [0.29, 0.717) is 40.5 Å². The molecule has 0 bridgehead atoms. The molecular formula is C89H92O10S2. The zero-order chi connectivity index (χ0) is 72.6. The maximum absolute atomic E-state index is 11.2. The van der Waals surface area contributed by atoms with Gasteiger partial charge in [0.1, 0.15) is 58.6 Å². The zero-order valence-electron chi connectivity index (χ0n) is 59.7. The highest BCUT2D eigenvalue weighted by Crippen LogP contribution is 2.47. The fourth-order valence-corrected chi connectivity index (χ4v) is 15.2. The van der Waals surface area contributed by atoms with Crippen molar-refractivity contribution in [1.82, 2.24) is 0 Å². The molecule has 0 radical (unpaired) electrons. The summed E-state index contributed by atoms with van der Waals surface area (Å²) in [5.74, 6) is 3.63. The first-order valence-electron chi connectivity index (χ1n) is 34.4. The molecule has 10 nitrogen and oxygen atoms in total. The average molecular weight is 1390 g/mol. The van der Waals surface area contributed by atoms with E-state index in [1.54, 1.807) is 62.0 Å². The van der Waals surface area contributed by atoms with Gasteiger partial charge in [-0.15, -0.1) is 0 Å². The Morgan fingerprint density at radius 3 is 1.07 bits per heavy atom. The Labute approximate surface area is 604 Å². The van der Waals surface area contributed by atoms with E-state index >= 15 is 0 Å². The van der Waals surface area contributed by atoms with Gasteiger partial charge in [-0.05, 0) is 210 Å². The van der Waals surface area contributed by atoms with Crippen molar-refractivity contribution in [3.8, 4) is 57.1 Å². The van der Waals surface area contributed by atoms with Crippen molar-refractivity contribution >= 4 is 36.1 Å². The molecule has 5 atom stereocenters. The molecule has 101 heavy (non-hydrogen) atoms. The summed E-state index contributed by atoms with van der Waals surface area (Å²) < 4.78 is 10.6. The van der Waals surface area contributed by atoms with Crippen molar-refractivity contribution in [3.63, 3.8) is 0 Å². The molecule has 0 amide bonds. The Kier molecular flexibility index (Phi) is 25.8. The SMILES string of the molecule is CCc1cc(Sc2cc(C)c(O)c(C(C)c3ccc(C=O)cc3)c2)cc(C(CC)c2ccc(C=O)cc2)c1O.CCc1cc(Sc2cc(C)c(O)c(C(C)c3ccc(OC)cc3)c2)cc(C(CC)c2ccc(OC)cc2)c1O.Cc1cc(-c2ccc(O)cc2)cc(C(C)c2ccccc2)c1O. The molecule has 11 aromatic rings. The Morgan fingerprint density at radius 2 is 0.693 bits per heavy atom. The van der Waals surface area contributed by atoms with E-state index in [-0.39, 0.29) is 41.1 Å². The quantitative estimate of drug-likeness (QED) is 0.0335. The summed E-state index contributed by atoms with van der Waals surface area (Å²) in [5.41, 5.74) is 17.6. The Bertz CT molecular complexity index is 4610. The van der Waals surface area contributed by atoms with Crippen LogP contribution in [0.2, 0.25) is 0 Å². The van der Waals surface area contributed by atoms with Gasteiger partial charge in [0.2, 0.25) is 0 Å². The maximum atomic E-state index is 11.2. The molecule has 0 aliphatic rings. The number of aryl methyl sites for hydroxylation is 5. The number of methoxy groups -OCH3 is 2. The first kappa shape index (κ1) is 75.1. The molecule has 0 aliphatic carbocycles. The second-order valence-electron chi connectivity index (χ2n) is 25.7. The number of rotatable bonds is 23. The van der Waals surface area contributed by atoms with E-state index in [4.69, 9.17) is 9.47 Å². The highest BCUT2D eigenvalue weighted by Gasteiger charge is 2.25. The van der Waals surface area contributed by atoms with Crippen LogP contribution in [0.1, 0.15) is 195 Å². The van der Waals surface area contributed by atoms with Crippen LogP contribution in [-0.2, 0) is 12.8 Å². The Hall–Kier alpha value is -10.1. The summed E-state index contributed by atoms with van der Waals surface area (Å²) in [4.78, 5) is 26.3. The van der Waals surface area contributed by atoms with Crippen LogP contribution in [0.15, 0.2) is 232 Å². The van der Waals surface area contributed by atoms with Gasteiger partial charge in [0.05, 0.1) is 14.2 Å². The smallest absolute Gasteiger partial charge is 0.150 e. The summed E-state index contributed by atoms with van der Waals surface area (Å²) in [6.07, 6.45) is 4.76. The third-order valence-corrected chi connectivity index (χ3v) is 21.1. The largest absolute Gasteiger partial charge is 0.508 e. The third kappa shape index (κ3) is 18.1. The number of benzene rings is 11. The molecule has 0 fully saturated rings. The highest BCUT2D eigenvalue weighted by atomic mass is 32.2. The van der Waals surface area contributed by atoms with Gasteiger partial charge in [-0.3, -0.25) is 9.59 Å². The second-order valence-corrected chi connectivity index (χ2v) is 28.0. The van der Waals surface area contributed by atoms with E-state index in [1.165, 1.54) is 5.56 Å². The lowest BCUT2D eigenvalue weighted by Crippen LogP contribution is -2.03. The number of ether oxygens (including phenoxy) is 2. The average Bonchev–Trinajstić information content (AvgIpc) is 0.789. The van der Waals surface area contributed by atoms with Gasteiger partial charge in [0, 0.05) is 88.1 Å². The fraction of sp³-hybridized carbons (Fsp3) is 0.236. The number of aromatic hydroxyl groups is 6. The van der Waals surface area contributed by atoms with Crippen molar-refractivity contribution in [2.24, 2.45) is 0 Å². The molecule has 0 spiro atoms. The zero-order valence-corrected chi connectivity index (χ0v) is 61.3. The lowest BCUT2D eigenvalue weighted by Gasteiger charge is -2.21. The van der Waals surface area contributed by atoms with Gasteiger partial charge < -0.3 is 40.1 Å². The predicted octanol–water partition coefficient (Wildman–Crippen LogP) is 22.5. The van der Waals surface area contributed by atoms with Crippen LogP contribution in [0.3, 0.4) is 0 Å². The molecule has 0 saturated carbocycles. The van der Waals surface area contributed by atoms with Gasteiger partial charge in [-0.1, -0.05) is 187 Å². The van der Waals surface area contributed by atoms with E-state index in [0.717, 1.165) is 152 Å². The van der Waals surface area contributed by atoms with Crippen molar-refractivity contribution in [2.45, 2.75) is 144 Å². The topological polar surface area (TPSA) is 174 Å². The number of hydrogen-bond acceptors (Lipinski definition) is 12. The van der Waals surface area contributed by atoms with Crippen LogP contribution >= 0.6 is 23.5 Å². The normalized spacial score (nSPS) is 12.5. The predicted molar refractivity (Wildman–Crippen MR) is 412 cm³/mol. The number of aldehydes is 2. The Morgan fingerprint density at radius 1 is 0.356 bits per heavy atom. The van der Waals surface area contributed by atoms with Crippen molar-refractivity contribution in [1.29, 1.82) is 0 Å². The van der Waals surface area contributed by atoms with Gasteiger partial charge >= 0.3 is 0 Å². The van der Waals surface area contributed by atoms with Crippen molar-refractivity contribution in [3.05, 3.63) is 307 Å². The van der Waals surface area contributed by atoms with E-state index in [1.807, 2.05) is 167 Å². The number of phenols is 6. The van der Waals surface area contributed by atoms with Gasteiger partial charge in [0.25, 0.3) is 0 Å².